The second-order valence-electron chi connectivity index (χ2n) is 6.43. The van der Waals surface area contributed by atoms with Crippen molar-refractivity contribution in [3.8, 4) is 11.5 Å². The Bertz CT molecular complexity index is 731. The number of ether oxygens (including phenoxy) is 2. The van der Waals surface area contributed by atoms with E-state index in [-0.39, 0.29) is 18.3 Å². The van der Waals surface area contributed by atoms with E-state index < -0.39 is 5.54 Å². The van der Waals surface area contributed by atoms with Gasteiger partial charge in [-0.2, -0.15) is 5.10 Å². The molecule has 1 aromatic heterocycles. The molecule has 7 nitrogen and oxygen atoms in total. The maximum atomic E-state index is 13.0. The summed E-state index contributed by atoms with van der Waals surface area (Å²) in [5, 5.41) is 10.8. The van der Waals surface area contributed by atoms with E-state index in [4.69, 9.17) is 9.47 Å². The molecule has 0 unspecified atom stereocenters. The van der Waals surface area contributed by atoms with Crippen molar-refractivity contribution in [2.45, 2.75) is 24.8 Å². The van der Waals surface area contributed by atoms with Crippen molar-refractivity contribution in [2.24, 2.45) is 0 Å². The Balaban J connectivity index is 0.00000261. The summed E-state index contributed by atoms with van der Waals surface area (Å²) in [5.41, 5.74) is 0.480. The van der Waals surface area contributed by atoms with Crippen LogP contribution in [-0.4, -0.2) is 49.5 Å². The molecule has 2 aromatic rings. The first-order chi connectivity index (χ1) is 12.7. The molecule has 1 aliphatic heterocycles. The van der Waals surface area contributed by atoms with E-state index in [1.807, 2.05) is 30.5 Å². The zero-order chi connectivity index (χ0) is 18.4. The monoisotopic (exact) mass is 394 g/mol. The van der Waals surface area contributed by atoms with Crippen molar-refractivity contribution < 1.29 is 14.3 Å². The van der Waals surface area contributed by atoms with Crippen LogP contribution in [0.2, 0.25) is 0 Å². The Kier molecular flexibility index (Phi) is 7.50. The first-order valence-electron chi connectivity index (χ1n) is 8.89. The van der Waals surface area contributed by atoms with Gasteiger partial charge in [-0.25, -0.2) is 0 Å². The van der Waals surface area contributed by atoms with Crippen molar-refractivity contribution in [2.75, 3.05) is 33.9 Å². The molecule has 0 atom stereocenters. The van der Waals surface area contributed by atoms with Crippen molar-refractivity contribution >= 4 is 18.3 Å². The van der Waals surface area contributed by atoms with Gasteiger partial charge in [0.05, 0.1) is 14.2 Å². The predicted molar refractivity (Wildman–Crippen MR) is 106 cm³/mol. The van der Waals surface area contributed by atoms with Gasteiger partial charge in [-0.3, -0.25) is 9.48 Å². The minimum absolute atomic E-state index is 0. The zero-order valence-electron chi connectivity index (χ0n) is 15.7. The Labute approximate surface area is 165 Å². The third kappa shape index (κ3) is 4.54. The van der Waals surface area contributed by atoms with Crippen molar-refractivity contribution in [3.63, 3.8) is 0 Å². The number of amides is 1. The molecule has 27 heavy (non-hydrogen) atoms. The van der Waals surface area contributed by atoms with E-state index in [0.717, 1.165) is 37.9 Å². The summed E-state index contributed by atoms with van der Waals surface area (Å²) >= 11 is 0. The number of nitrogens with zero attached hydrogens (tertiary/aromatic N) is 2. The molecular formula is C19H27ClN4O3. The lowest BCUT2D eigenvalue weighted by molar-refractivity contribution is -0.131. The van der Waals surface area contributed by atoms with Crippen LogP contribution in [0.3, 0.4) is 0 Å². The lowest BCUT2D eigenvalue weighted by atomic mass is 9.87. The number of nitrogens with one attached hydrogen (secondary N) is 2. The number of halogens is 1. The molecule has 1 amide bonds. The third-order valence-electron chi connectivity index (χ3n) is 4.94. The van der Waals surface area contributed by atoms with Gasteiger partial charge in [0.2, 0.25) is 5.91 Å². The van der Waals surface area contributed by atoms with Crippen molar-refractivity contribution in [1.82, 2.24) is 20.4 Å². The van der Waals surface area contributed by atoms with Crippen LogP contribution in [-0.2, 0) is 16.8 Å². The molecule has 8 heteroatoms. The first kappa shape index (κ1) is 21.1. The predicted octanol–water partition coefficient (Wildman–Crippen LogP) is 1.76. The molecular weight excluding hydrogens is 368 g/mol. The summed E-state index contributed by atoms with van der Waals surface area (Å²) < 4.78 is 12.4. The SMILES string of the molecule is COc1ccc(CCNC(=O)C2(n3cccn3)CCNCC2)cc1OC.Cl. The fourth-order valence-corrected chi connectivity index (χ4v) is 3.44. The zero-order valence-corrected chi connectivity index (χ0v) is 16.6. The molecule has 0 spiro atoms. The van der Waals surface area contributed by atoms with Gasteiger partial charge < -0.3 is 20.1 Å². The van der Waals surface area contributed by atoms with Gasteiger partial charge in [0.1, 0.15) is 5.54 Å². The normalized spacial score (nSPS) is 15.5. The van der Waals surface area contributed by atoms with Crippen LogP contribution in [0.25, 0.3) is 0 Å². The second kappa shape index (κ2) is 9.62. The lowest BCUT2D eigenvalue weighted by Gasteiger charge is -2.36. The highest BCUT2D eigenvalue weighted by Crippen LogP contribution is 2.28. The summed E-state index contributed by atoms with van der Waals surface area (Å²) in [6, 6.07) is 7.68. The number of methoxy groups -OCH3 is 2. The van der Waals surface area contributed by atoms with Crippen LogP contribution in [0.15, 0.2) is 36.7 Å². The Morgan fingerprint density at radius 2 is 2.00 bits per heavy atom. The number of carbonyl (C=O) groups is 1. The van der Waals surface area contributed by atoms with Gasteiger partial charge in [0.15, 0.2) is 11.5 Å². The molecule has 2 heterocycles. The van der Waals surface area contributed by atoms with Crippen LogP contribution < -0.4 is 20.1 Å². The Morgan fingerprint density at radius 1 is 1.26 bits per heavy atom. The summed E-state index contributed by atoms with van der Waals surface area (Å²) in [4.78, 5) is 13.0. The minimum atomic E-state index is -0.605. The van der Waals surface area contributed by atoms with Gasteiger partial charge in [0.25, 0.3) is 0 Å². The van der Waals surface area contributed by atoms with Crippen LogP contribution in [0, 0.1) is 0 Å². The topological polar surface area (TPSA) is 77.4 Å². The van der Waals surface area contributed by atoms with Gasteiger partial charge in [-0.15, -0.1) is 12.4 Å². The fourth-order valence-electron chi connectivity index (χ4n) is 3.44. The van der Waals surface area contributed by atoms with Gasteiger partial charge in [-0.1, -0.05) is 6.07 Å². The number of aromatic nitrogens is 2. The molecule has 0 aliphatic carbocycles. The average Bonchev–Trinajstić information content (AvgIpc) is 3.23. The van der Waals surface area contributed by atoms with Gasteiger partial charge in [-0.05, 0) is 56.1 Å². The number of benzene rings is 1. The molecule has 3 rings (SSSR count). The Hall–Kier alpha value is -2.25. The summed E-state index contributed by atoms with van der Waals surface area (Å²) in [7, 11) is 3.24. The largest absolute Gasteiger partial charge is 0.493 e. The van der Waals surface area contributed by atoms with E-state index in [1.165, 1.54) is 0 Å². The number of hydrogen-bond donors (Lipinski definition) is 2. The highest BCUT2D eigenvalue weighted by atomic mass is 35.5. The van der Waals surface area contributed by atoms with Gasteiger partial charge in [0, 0.05) is 18.9 Å². The third-order valence-corrected chi connectivity index (χ3v) is 4.94. The van der Waals surface area contributed by atoms with Gasteiger partial charge >= 0.3 is 0 Å². The highest BCUT2D eigenvalue weighted by Gasteiger charge is 2.41. The molecule has 0 saturated carbocycles. The smallest absolute Gasteiger partial charge is 0.248 e. The van der Waals surface area contributed by atoms with Crippen molar-refractivity contribution in [1.29, 1.82) is 0 Å². The van der Waals surface area contributed by atoms with E-state index in [2.05, 4.69) is 15.7 Å². The molecule has 1 saturated heterocycles. The lowest BCUT2D eigenvalue weighted by Crippen LogP contribution is -2.54. The maximum absolute atomic E-state index is 13.0. The van der Waals surface area contributed by atoms with Crippen LogP contribution >= 0.6 is 12.4 Å². The molecule has 1 aromatic carbocycles. The van der Waals surface area contributed by atoms with E-state index in [9.17, 15) is 4.79 Å². The second-order valence-corrected chi connectivity index (χ2v) is 6.43. The van der Waals surface area contributed by atoms with Crippen LogP contribution in [0.5, 0.6) is 11.5 Å². The van der Waals surface area contributed by atoms with Crippen LogP contribution in [0.1, 0.15) is 18.4 Å². The molecule has 148 valence electrons. The highest BCUT2D eigenvalue weighted by molar-refractivity contribution is 5.85. The number of carbonyl (C=O) groups excluding carboxylic acids is 1. The molecule has 1 fully saturated rings. The van der Waals surface area contributed by atoms with E-state index in [1.54, 1.807) is 25.1 Å². The van der Waals surface area contributed by atoms with Crippen LogP contribution in [0.4, 0.5) is 0 Å². The molecule has 0 bridgehead atoms. The van der Waals surface area contributed by atoms with E-state index in [0.29, 0.717) is 18.0 Å². The van der Waals surface area contributed by atoms with E-state index >= 15 is 0 Å². The molecule has 0 radical (unpaired) electrons. The van der Waals surface area contributed by atoms with Crippen molar-refractivity contribution in [3.05, 3.63) is 42.2 Å². The minimum Gasteiger partial charge on any atom is -0.493 e. The molecule has 1 aliphatic rings. The summed E-state index contributed by atoms with van der Waals surface area (Å²) in [6.45, 7) is 2.18. The maximum Gasteiger partial charge on any atom is 0.248 e. The number of piperidine rings is 1. The number of hydrogen-bond acceptors (Lipinski definition) is 5. The molecule has 2 N–H and O–H groups in total. The average molecular weight is 395 g/mol. The Morgan fingerprint density at radius 3 is 2.63 bits per heavy atom. The first-order valence-corrected chi connectivity index (χ1v) is 8.89. The standard InChI is InChI=1S/C19H26N4O3.ClH/c1-25-16-5-4-15(14-17(16)26-2)6-10-21-18(24)19(7-11-20-12-8-19)23-13-3-9-22-23;/h3-5,9,13-14,20H,6-8,10-12H2,1-2H3,(H,21,24);1H. The number of rotatable bonds is 7. The summed E-state index contributed by atoms with van der Waals surface area (Å²) in [5.74, 6) is 1.43. The summed E-state index contributed by atoms with van der Waals surface area (Å²) in [6.07, 6.45) is 5.78. The quantitative estimate of drug-likeness (QED) is 0.748. The fraction of sp³-hybridized carbons (Fsp3) is 0.474.